The molecule has 2 aromatic heterocycles. The third-order valence-corrected chi connectivity index (χ3v) is 6.25. The van der Waals surface area contributed by atoms with Crippen LogP contribution in [0.4, 0.5) is 24.7 Å². The summed E-state index contributed by atoms with van der Waals surface area (Å²) in [7, 11) is 1.72. The molecule has 2 N–H and O–H groups in total. The molecule has 38 heavy (non-hydrogen) atoms. The number of piperidine rings is 1. The molecule has 1 saturated heterocycles. The Bertz CT molecular complexity index is 1330. The summed E-state index contributed by atoms with van der Waals surface area (Å²) >= 11 is 0. The molecule has 0 saturated carbocycles. The van der Waals surface area contributed by atoms with E-state index >= 15 is 0 Å². The molecule has 11 heteroatoms. The van der Waals surface area contributed by atoms with Crippen LogP contribution in [0.3, 0.4) is 0 Å². The van der Waals surface area contributed by atoms with Crippen molar-refractivity contribution in [2.75, 3.05) is 30.4 Å². The van der Waals surface area contributed by atoms with Crippen molar-refractivity contribution in [3.8, 4) is 5.82 Å². The van der Waals surface area contributed by atoms with E-state index < -0.39 is 11.9 Å². The number of allylic oxidation sites excluding steroid dienone is 3. The van der Waals surface area contributed by atoms with Gasteiger partial charge in [-0.1, -0.05) is 19.1 Å². The van der Waals surface area contributed by atoms with Gasteiger partial charge in [-0.05, 0) is 79.9 Å². The van der Waals surface area contributed by atoms with Crippen LogP contribution in [0.25, 0.3) is 11.4 Å². The fraction of sp³-hybridized carbons (Fsp3) is 0.333. The summed E-state index contributed by atoms with van der Waals surface area (Å²) in [6.07, 6.45) is 2.61. The fourth-order valence-electron chi connectivity index (χ4n) is 4.29. The molecule has 200 valence electrons. The number of halogens is 3. The topological polar surface area (TPSA) is 88.0 Å². The van der Waals surface area contributed by atoms with Gasteiger partial charge in [0.1, 0.15) is 0 Å². The number of hydrogen-bond donors (Lipinski definition) is 2. The van der Waals surface area contributed by atoms with Crippen molar-refractivity contribution in [3.63, 3.8) is 0 Å². The molecule has 3 aromatic rings. The lowest BCUT2D eigenvalue weighted by Crippen LogP contribution is -2.34. The summed E-state index contributed by atoms with van der Waals surface area (Å²) in [6, 6.07) is 11.0. The molecule has 0 radical (unpaired) electrons. The highest BCUT2D eigenvalue weighted by atomic mass is 19.4. The van der Waals surface area contributed by atoms with Crippen LogP contribution in [0.1, 0.15) is 48.4 Å². The van der Waals surface area contributed by atoms with E-state index in [1.807, 2.05) is 18.2 Å². The van der Waals surface area contributed by atoms with Crippen LogP contribution < -0.4 is 15.5 Å². The number of hydrogen-bond acceptors (Lipinski definition) is 6. The number of rotatable bonds is 7. The second-order valence-electron chi connectivity index (χ2n) is 9.30. The summed E-state index contributed by atoms with van der Waals surface area (Å²) in [5, 5.41) is 17.4. The molecule has 3 heterocycles. The molecule has 1 fully saturated rings. The third-order valence-electron chi connectivity index (χ3n) is 6.25. The lowest BCUT2D eigenvalue weighted by molar-refractivity contribution is -0.142. The maximum atomic E-state index is 13.7. The quantitative estimate of drug-likeness (QED) is 0.407. The van der Waals surface area contributed by atoms with Crippen molar-refractivity contribution in [1.82, 2.24) is 25.3 Å². The van der Waals surface area contributed by atoms with Crippen molar-refractivity contribution in [2.24, 2.45) is 5.92 Å². The Morgan fingerprint density at radius 1 is 1.16 bits per heavy atom. The largest absolute Gasteiger partial charge is 0.433 e. The van der Waals surface area contributed by atoms with Gasteiger partial charge in [0.25, 0.3) is 5.91 Å². The minimum atomic E-state index is -4.65. The van der Waals surface area contributed by atoms with Crippen molar-refractivity contribution in [2.45, 2.75) is 32.9 Å². The Morgan fingerprint density at radius 3 is 2.66 bits per heavy atom. The molecule has 0 aliphatic carbocycles. The Labute approximate surface area is 219 Å². The SMILES string of the molecule is CN/C=C\C=C(/C)c1cc(C(F)(F)F)n(-c2ccc(NC(=O)c3cccc(N4CCCC(C)C4)c3)nn2)n1. The molecule has 1 atom stereocenters. The van der Waals surface area contributed by atoms with E-state index in [4.69, 9.17) is 0 Å². The van der Waals surface area contributed by atoms with Crippen molar-refractivity contribution >= 4 is 23.0 Å². The number of nitrogens with one attached hydrogen (secondary N) is 2. The first-order valence-electron chi connectivity index (χ1n) is 12.3. The maximum Gasteiger partial charge on any atom is 0.433 e. The molecule has 0 bridgehead atoms. The highest BCUT2D eigenvalue weighted by molar-refractivity contribution is 6.04. The highest BCUT2D eigenvalue weighted by Crippen LogP contribution is 2.32. The second kappa shape index (κ2) is 11.5. The van der Waals surface area contributed by atoms with Crippen LogP contribution >= 0.6 is 0 Å². The molecule has 1 aliphatic rings. The molecule has 4 rings (SSSR count). The van der Waals surface area contributed by atoms with E-state index in [0.717, 1.165) is 31.3 Å². The van der Waals surface area contributed by atoms with Gasteiger partial charge in [0, 0.05) is 31.4 Å². The zero-order valence-corrected chi connectivity index (χ0v) is 21.5. The summed E-state index contributed by atoms with van der Waals surface area (Å²) in [5.74, 6) is 0.201. The molecule has 1 aliphatic heterocycles. The first kappa shape index (κ1) is 26.9. The fourth-order valence-corrected chi connectivity index (χ4v) is 4.29. The number of nitrogens with zero attached hydrogens (tertiary/aromatic N) is 5. The minimum absolute atomic E-state index is 0.116. The standard InChI is InChI=1S/C27H30F3N7O/c1-18-7-6-14-36(17-18)21-10-4-9-20(15-21)26(38)32-24-11-12-25(34-33-24)37-23(27(28,29)30)16-22(35-37)19(2)8-5-13-31-3/h4-5,8-13,15-16,18,31H,6-7,14,17H2,1-3H3,(H,32,33,38)/b13-5-,19-8+. The van der Waals surface area contributed by atoms with Crippen LogP contribution in [-0.2, 0) is 6.18 Å². The average molecular weight is 526 g/mol. The number of amides is 1. The lowest BCUT2D eigenvalue weighted by Gasteiger charge is -2.33. The van der Waals surface area contributed by atoms with Crippen molar-refractivity contribution in [1.29, 1.82) is 0 Å². The molecule has 1 amide bonds. The van der Waals surface area contributed by atoms with E-state index in [2.05, 4.69) is 37.8 Å². The number of anilines is 2. The zero-order valence-electron chi connectivity index (χ0n) is 21.5. The van der Waals surface area contributed by atoms with Gasteiger partial charge in [0.2, 0.25) is 0 Å². The van der Waals surface area contributed by atoms with Crippen LogP contribution in [0, 0.1) is 5.92 Å². The molecular formula is C27H30F3N7O. The smallest absolute Gasteiger partial charge is 0.394 e. The molecule has 8 nitrogen and oxygen atoms in total. The summed E-state index contributed by atoms with van der Waals surface area (Å²) in [6.45, 7) is 5.76. The Hall–Kier alpha value is -4.15. The summed E-state index contributed by atoms with van der Waals surface area (Å²) < 4.78 is 41.9. The molecule has 1 aromatic carbocycles. The number of aromatic nitrogens is 4. The average Bonchev–Trinajstić information content (AvgIpc) is 3.36. The number of benzene rings is 1. The van der Waals surface area contributed by atoms with Crippen molar-refractivity contribution < 1.29 is 18.0 Å². The van der Waals surface area contributed by atoms with Gasteiger partial charge in [0.15, 0.2) is 17.3 Å². The first-order valence-corrected chi connectivity index (χ1v) is 12.3. The zero-order chi connectivity index (χ0) is 27.3. The van der Waals surface area contributed by atoms with Gasteiger partial charge in [0.05, 0.1) is 5.69 Å². The third kappa shape index (κ3) is 6.39. The summed E-state index contributed by atoms with van der Waals surface area (Å²) in [4.78, 5) is 15.1. The van der Waals surface area contributed by atoms with E-state index in [9.17, 15) is 18.0 Å². The summed E-state index contributed by atoms with van der Waals surface area (Å²) in [5.41, 5.74) is 1.15. The molecular weight excluding hydrogens is 495 g/mol. The minimum Gasteiger partial charge on any atom is -0.394 e. The Kier molecular flexibility index (Phi) is 8.13. The monoisotopic (exact) mass is 525 g/mol. The lowest BCUT2D eigenvalue weighted by atomic mass is 9.99. The van der Waals surface area contributed by atoms with E-state index in [0.29, 0.717) is 21.7 Å². The van der Waals surface area contributed by atoms with Gasteiger partial charge < -0.3 is 15.5 Å². The number of carbonyl (C=O) groups excluding carboxylic acids is 1. The molecule has 1 unspecified atom stereocenters. The van der Waals surface area contributed by atoms with E-state index in [1.165, 1.54) is 18.6 Å². The van der Waals surface area contributed by atoms with Crippen LogP contribution in [0.5, 0.6) is 0 Å². The predicted molar refractivity (Wildman–Crippen MR) is 141 cm³/mol. The Morgan fingerprint density at radius 2 is 1.97 bits per heavy atom. The second-order valence-corrected chi connectivity index (χ2v) is 9.30. The van der Waals surface area contributed by atoms with Gasteiger partial charge in [-0.3, -0.25) is 4.79 Å². The van der Waals surface area contributed by atoms with Gasteiger partial charge in [-0.15, -0.1) is 10.2 Å². The van der Waals surface area contributed by atoms with Gasteiger partial charge >= 0.3 is 6.18 Å². The van der Waals surface area contributed by atoms with Crippen molar-refractivity contribution in [3.05, 3.63) is 77.8 Å². The maximum absolute atomic E-state index is 13.7. The van der Waals surface area contributed by atoms with Gasteiger partial charge in [-0.25, -0.2) is 4.68 Å². The molecule has 0 spiro atoms. The van der Waals surface area contributed by atoms with Crippen LogP contribution in [0.2, 0.25) is 0 Å². The highest BCUT2D eigenvalue weighted by Gasteiger charge is 2.37. The van der Waals surface area contributed by atoms with E-state index in [-0.39, 0.29) is 23.2 Å². The number of alkyl halides is 3. The van der Waals surface area contributed by atoms with Crippen LogP contribution in [0.15, 0.2) is 60.8 Å². The normalized spacial score (nSPS) is 16.6. The van der Waals surface area contributed by atoms with Crippen LogP contribution in [-0.4, -0.2) is 46.0 Å². The first-order chi connectivity index (χ1) is 18.2. The van der Waals surface area contributed by atoms with Gasteiger partial charge in [-0.2, -0.15) is 18.3 Å². The Balaban J connectivity index is 1.52. The predicted octanol–water partition coefficient (Wildman–Crippen LogP) is 5.31. The van der Waals surface area contributed by atoms with E-state index in [1.54, 1.807) is 38.4 Å². The number of carbonyl (C=O) groups is 1.